The van der Waals surface area contributed by atoms with E-state index in [1.165, 1.54) is 0 Å². The second-order valence-corrected chi connectivity index (χ2v) is 4.81. The quantitative estimate of drug-likeness (QED) is 0.503. The summed E-state index contributed by atoms with van der Waals surface area (Å²) >= 11 is 0. The molecule has 0 heterocycles. The first kappa shape index (κ1) is 8.03. The fourth-order valence-corrected chi connectivity index (χ4v) is 2.65. The van der Waals surface area contributed by atoms with Gasteiger partial charge in [-0.15, -0.1) is 0 Å². The van der Waals surface area contributed by atoms with Gasteiger partial charge in [-0.25, -0.2) is 0 Å². The average molecular weight is 164 g/mol. The molecule has 0 aromatic carbocycles. The minimum atomic E-state index is -0.0572. The molecule has 2 aliphatic rings. The van der Waals surface area contributed by atoms with Gasteiger partial charge >= 0.3 is 0 Å². The Balaban J connectivity index is 2.28. The molecule has 0 amide bonds. The number of hydrogen-bond donors (Lipinski definition) is 0. The predicted octanol–water partition coefficient (Wildman–Crippen LogP) is 2.57. The van der Waals surface area contributed by atoms with Crippen LogP contribution < -0.4 is 0 Å². The van der Waals surface area contributed by atoms with Crippen molar-refractivity contribution in [3.05, 3.63) is 12.2 Å². The van der Waals surface area contributed by atoms with E-state index in [4.69, 9.17) is 0 Å². The van der Waals surface area contributed by atoms with E-state index >= 15 is 0 Å². The molecular formula is C11H16O. The van der Waals surface area contributed by atoms with Crippen LogP contribution in [0.2, 0.25) is 0 Å². The molecule has 0 spiro atoms. The van der Waals surface area contributed by atoms with E-state index in [0.717, 1.165) is 19.3 Å². The van der Waals surface area contributed by atoms with Crippen molar-refractivity contribution < 1.29 is 4.79 Å². The molecule has 2 bridgehead atoms. The molecule has 0 aromatic rings. The van der Waals surface area contributed by atoms with Crippen LogP contribution >= 0.6 is 0 Å². The Morgan fingerprint density at radius 2 is 2.25 bits per heavy atom. The van der Waals surface area contributed by atoms with E-state index in [2.05, 4.69) is 26.0 Å². The van der Waals surface area contributed by atoms with Gasteiger partial charge in [0.1, 0.15) is 5.78 Å². The van der Waals surface area contributed by atoms with Gasteiger partial charge in [0.2, 0.25) is 0 Å². The van der Waals surface area contributed by atoms with Crippen molar-refractivity contribution in [3.63, 3.8) is 0 Å². The van der Waals surface area contributed by atoms with Crippen molar-refractivity contribution in [2.45, 2.75) is 33.1 Å². The Hall–Kier alpha value is -0.590. The molecule has 0 aromatic heterocycles. The van der Waals surface area contributed by atoms with Crippen LogP contribution in [-0.4, -0.2) is 5.78 Å². The summed E-state index contributed by atoms with van der Waals surface area (Å²) in [6.45, 7) is 4.18. The van der Waals surface area contributed by atoms with Gasteiger partial charge in [0.05, 0.1) is 0 Å². The van der Waals surface area contributed by atoms with E-state index in [0.29, 0.717) is 17.6 Å². The third-order valence-electron chi connectivity index (χ3n) is 3.23. The fraction of sp³-hybridized carbons (Fsp3) is 0.727. The van der Waals surface area contributed by atoms with Gasteiger partial charge in [0.25, 0.3) is 0 Å². The molecule has 0 N–H and O–H groups in total. The molecule has 0 radical (unpaired) electrons. The number of allylic oxidation sites excluding steroid dienone is 2. The highest BCUT2D eigenvalue weighted by Gasteiger charge is 2.41. The van der Waals surface area contributed by atoms with Crippen LogP contribution in [0.4, 0.5) is 0 Å². The lowest BCUT2D eigenvalue weighted by atomic mass is 9.64. The van der Waals surface area contributed by atoms with Crippen molar-refractivity contribution in [2.24, 2.45) is 17.3 Å². The zero-order chi connectivity index (χ0) is 8.77. The number of fused-ring (bicyclic) bond motifs is 2. The zero-order valence-electron chi connectivity index (χ0n) is 7.84. The number of rotatable bonds is 0. The summed E-state index contributed by atoms with van der Waals surface area (Å²) < 4.78 is 0. The molecule has 0 saturated heterocycles. The third kappa shape index (κ3) is 1.12. The van der Waals surface area contributed by atoms with Gasteiger partial charge in [-0.3, -0.25) is 4.79 Å². The molecule has 1 saturated carbocycles. The second kappa shape index (κ2) is 2.45. The summed E-state index contributed by atoms with van der Waals surface area (Å²) in [5, 5.41) is 0. The molecule has 2 rings (SSSR count). The molecule has 2 aliphatic carbocycles. The number of ketones is 1. The van der Waals surface area contributed by atoms with Crippen LogP contribution in [0.15, 0.2) is 12.2 Å². The second-order valence-electron chi connectivity index (χ2n) is 4.81. The van der Waals surface area contributed by atoms with Crippen LogP contribution in [-0.2, 0) is 4.79 Å². The molecule has 1 heteroatoms. The summed E-state index contributed by atoms with van der Waals surface area (Å²) in [6, 6.07) is 0. The first-order valence-corrected chi connectivity index (χ1v) is 4.80. The van der Waals surface area contributed by atoms with Crippen molar-refractivity contribution in [1.82, 2.24) is 0 Å². The Labute approximate surface area is 73.8 Å². The number of Topliss-reactive ketones (excluding diaryl/α,β-unsaturated/α-hetero) is 1. The van der Waals surface area contributed by atoms with E-state index in [-0.39, 0.29) is 5.41 Å². The molecule has 1 nitrogen and oxygen atoms in total. The monoisotopic (exact) mass is 164 g/mol. The molecule has 1 fully saturated rings. The van der Waals surface area contributed by atoms with Crippen LogP contribution in [0.1, 0.15) is 33.1 Å². The summed E-state index contributed by atoms with van der Waals surface area (Å²) in [6.07, 6.45) is 7.63. The van der Waals surface area contributed by atoms with Crippen LogP contribution in [0.3, 0.4) is 0 Å². The van der Waals surface area contributed by atoms with Gasteiger partial charge in [-0.2, -0.15) is 0 Å². The fourth-order valence-electron chi connectivity index (χ4n) is 2.65. The topological polar surface area (TPSA) is 17.1 Å². The van der Waals surface area contributed by atoms with Gasteiger partial charge in [0, 0.05) is 11.3 Å². The van der Waals surface area contributed by atoms with E-state index in [9.17, 15) is 4.79 Å². The van der Waals surface area contributed by atoms with E-state index in [1.54, 1.807) is 0 Å². The summed E-state index contributed by atoms with van der Waals surface area (Å²) in [5.41, 5.74) is -0.0572. The molecular weight excluding hydrogens is 148 g/mol. The molecule has 2 atom stereocenters. The van der Waals surface area contributed by atoms with Gasteiger partial charge in [-0.05, 0) is 25.2 Å². The molecule has 66 valence electrons. The van der Waals surface area contributed by atoms with E-state index < -0.39 is 0 Å². The van der Waals surface area contributed by atoms with E-state index in [1.807, 2.05) is 0 Å². The highest BCUT2D eigenvalue weighted by molar-refractivity contribution is 5.87. The number of carbonyl (C=O) groups excluding carboxylic acids is 1. The maximum absolute atomic E-state index is 11.8. The smallest absolute Gasteiger partial charge is 0.141 e. The van der Waals surface area contributed by atoms with Gasteiger partial charge in [-0.1, -0.05) is 26.0 Å². The van der Waals surface area contributed by atoms with Crippen molar-refractivity contribution in [3.8, 4) is 0 Å². The maximum atomic E-state index is 11.8. The summed E-state index contributed by atoms with van der Waals surface area (Å²) in [5.74, 6) is 1.50. The highest BCUT2D eigenvalue weighted by atomic mass is 16.1. The molecule has 12 heavy (non-hydrogen) atoms. The summed E-state index contributed by atoms with van der Waals surface area (Å²) in [4.78, 5) is 11.8. The zero-order valence-corrected chi connectivity index (χ0v) is 7.84. The maximum Gasteiger partial charge on any atom is 0.141 e. The number of carbonyl (C=O) groups is 1. The Morgan fingerprint density at radius 1 is 1.50 bits per heavy atom. The Kier molecular flexibility index (Phi) is 1.64. The van der Waals surface area contributed by atoms with Crippen molar-refractivity contribution >= 4 is 5.78 Å². The lowest BCUT2D eigenvalue weighted by Gasteiger charge is -2.39. The van der Waals surface area contributed by atoms with Crippen molar-refractivity contribution in [2.75, 3.05) is 0 Å². The first-order chi connectivity index (χ1) is 5.59. The van der Waals surface area contributed by atoms with Gasteiger partial charge in [0.15, 0.2) is 0 Å². The Bertz CT molecular complexity index is 237. The molecule has 0 aliphatic heterocycles. The lowest BCUT2D eigenvalue weighted by Crippen LogP contribution is -2.39. The van der Waals surface area contributed by atoms with Crippen LogP contribution in [0, 0.1) is 17.3 Å². The molecule has 2 unspecified atom stereocenters. The highest BCUT2D eigenvalue weighted by Crippen LogP contribution is 2.43. The Morgan fingerprint density at radius 3 is 3.00 bits per heavy atom. The van der Waals surface area contributed by atoms with Crippen LogP contribution in [0.25, 0.3) is 0 Å². The third-order valence-corrected chi connectivity index (χ3v) is 3.23. The SMILES string of the molecule is CC1(C)CC2C=CCC(C2)C1=O. The first-order valence-electron chi connectivity index (χ1n) is 4.80. The van der Waals surface area contributed by atoms with Crippen LogP contribution in [0.5, 0.6) is 0 Å². The minimum Gasteiger partial charge on any atom is -0.299 e. The normalized spacial score (nSPS) is 38.3. The average Bonchev–Trinajstić information content (AvgIpc) is 2.01. The minimum absolute atomic E-state index is 0.0572. The predicted molar refractivity (Wildman–Crippen MR) is 48.8 cm³/mol. The van der Waals surface area contributed by atoms with Gasteiger partial charge < -0.3 is 0 Å². The standard InChI is InChI=1S/C11H16O/c1-11(2)7-8-4-3-5-9(6-8)10(11)12/h3-4,8-9H,5-7H2,1-2H3. The van der Waals surface area contributed by atoms with Crippen molar-refractivity contribution in [1.29, 1.82) is 0 Å². The largest absolute Gasteiger partial charge is 0.299 e. The lowest BCUT2D eigenvalue weighted by molar-refractivity contribution is -0.135. The summed E-state index contributed by atoms with van der Waals surface area (Å²) in [7, 11) is 0. The number of hydrogen-bond acceptors (Lipinski definition) is 1.